The van der Waals surface area contributed by atoms with Crippen LogP contribution in [0.1, 0.15) is 27.2 Å². The van der Waals surface area contributed by atoms with Gasteiger partial charge in [-0.25, -0.2) is 4.79 Å². The number of urea groups is 1. The molecule has 2 amide bonds. The molecule has 0 radical (unpaired) electrons. The molecule has 19 heavy (non-hydrogen) atoms. The van der Waals surface area contributed by atoms with Crippen LogP contribution in [-0.4, -0.2) is 18.9 Å². The Bertz CT molecular complexity index is 488. The van der Waals surface area contributed by atoms with Crippen LogP contribution in [0.4, 0.5) is 10.5 Å². The second-order valence-corrected chi connectivity index (χ2v) is 5.30. The van der Waals surface area contributed by atoms with Gasteiger partial charge in [0.25, 0.3) is 0 Å². The fourth-order valence-electron chi connectivity index (χ4n) is 2.25. The highest BCUT2D eigenvalue weighted by molar-refractivity contribution is 5.89. The van der Waals surface area contributed by atoms with Crippen molar-refractivity contribution in [2.75, 3.05) is 12.4 Å². The van der Waals surface area contributed by atoms with E-state index in [1.165, 1.54) is 0 Å². The lowest BCUT2D eigenvalue weighted by Gasteiger charge is -2.24. The summed E-state index contributed by atoms with van der Waals surface area (Å²) in [5.41, 5.74) is 0.676. The summed E-state index contributed by atoms with van der Waals surface area (Å²) in [4.78, 5) is 11.3. The molecular weight excluding hydrogens is 244 g/mol. The van der Waals surface area contributed by atoms with Gasteiger partial charge in [-0.3, -0.25) is 0 Å². The third-order valence-corrected chi connectivity index (χ3v) is 2.86. The van der Waals surface area contributed by atoms with Gasteiger partial charge in [-0.15, -0.1) is 0 Å². The summed E-state index contributed by atoms with van der Waals surface area (Å²) in [7, 11) is 1.57. The standard InChI is InChI=1S/C14H20N2O3/c1-9(2)8-14(3)18-11-6-5-10(7-12(11)19-14)16-13(17)15-4/h5-7,9H,8H2,1-4H3,(H2,15,16,17). The van der Waals surface area contributed by atoms with Gasteiger partial charge in [-0.2, -0.15) is 0 Å². The quantitative estimate of drug-likeness (QED) is 0.882. The Labute approximate surface area is 113 Å². The number of hydrogen-bond acceptors (Lipinski definition) is 3. The first-order valence-corrected chi connectivity index (χ1v) is 6.43. The monoisotopic (exact) mass is 264 g/mol. The number of carbonyl (C=O) groups excluding carboxylic acids is 1. The third kappa shape index (κ3) is 3.10. The Balaban J connectivity index is 2.13. The van der Waals surface area contributed by atoms with E-state index in [2.05, 4.69) is 24.5 Å². The molecule has 0 spiro atoms. The molecule has 0 saturated carbocycles. The zero-order valence-electron chi connectivity index (χ0n) is 11.7. The van der Waals surface area contributed by atoms with Crippen LogP contribution < -0.4 is 20.1 Å². The molecule has 1 atom stereocenters. The van der Waals surface area contributed by atoms with E-state index in [0.29, 0.717) is 23.1 Å². The fourth-order valence-corrected chi connectivity index (χ4v) is 2.25. The van der Waals surface area contributed by atoms with Gasteiger partial charge >= 0.3 is 6.03 Å². The van der Waals surface area contributed by atoms with Crippen molar-refractivity contribution >= 4 is 11.7 Å². The molecule has 0 aliphatic carbocycles. The molecule has 5 nitrogen and oxygen atoms in total. The first-order chi connectivity index (χ1) is 8.92. The maximum absolute atomic E-state index is 11.3. The molecule has 5 heteroatoms. The largest absolute Gasteiger partial charge is 0.449 e. The zero-order chi connectivity index (χ0) is 14.0. The lowest BCUT2D eigenvalue weighted by Crippen LogP contribution is -2.36. The molecule has 2 rings (SSSR count). The number of benzene rings is 1. The predicted octanol–water partition coefficient (Wildman–Crippen LogP) is 2.97. The van der Waals surface area contributed by atoms with Gasteiger partial charge in [-0.1, -0.05) is 13.8 Å². The molecule has 104 valence electrons. The molecule has 1 aromatic carbocycles. The third-order valence-electron chi connectivity index (χ3n) is 2.86. The molecule has 0 bridgehead atoms. The summed E-state index contributed by atoms with van der Waals surface area (Å²) in [5.74, 6) is 1.23. The van der Waals surface area contributed by atoms with Crippen LogP contribution in [0.2, 0.25) is 0 Å². The number of amides is 2. The first-order valence-electron chi connectivity index (χ1n) is 6.43. The fraction of sp³-hybridized carbons (Fsp3) is 0.500. The van der Waals surface area contributed by atoms with Crippen LogP contribution >= 0.6 is 0 Å². The topological polar surface area (TPSA) is 59.6 Å². The van der Waals surface area contributed by atoms with Gasteiger partial charge < -0.3 is 20.1 Å². The number of carbonyl (C=O) groups is 1. The molecule has 0 saturated heterocycles. The summed E-state index contributed by atoms with van der Waals surface area (Å²) >= 11 is 0. The molecule has 1 unspecified atom stereocenters. The van der Waals surface area contributed by atoms with Crippen molar-refractivity contribution in [3.05, 3.63) is 18.2 Å². The lowest BCUT2D eigenvalue weighted by molar-refractivity contribution is -0.0766. The van der Waals surface area contributed by atoms with Gasteiger partial charge in [0.1, 0.15) is 0 Å². The van der Waals surface area contributed by atoms with Gasteiger partial charge in [-0.05, 0) is 18.1 Å². The van der Waals surface area contributed by atoms with Gasteiger partial charge in [0.2, 0.25) is 5.79 Å². The molecule has 0 aromatic heterocycles. The summed E-state index contributed by atoms with van der Waals surface area (Å²) in [6, 6.07) is 5.12. The van der Waals surface area contributed by atoms with Crippen molar-refractivity contribution in [2.24, 2.45) is 5.92 Å². The Hall–Kier alpha value is -1.91. The second kappa shape index (κ2) is 4.99. The molecule has 1 aromatic rings. The van der Waals surface area contributed by atoms with Crippen LogP contribution in [0.3, 0.4) is 0 Å². The summed E-state index contributed by atoms with van der Waals surface area (Å²) in [6.07, 6.45) is 0.805. The minimum atomic E-state index is -0.623. The van der Waals surface area contributed by atoms with E-state index < -0.39 is 5.79 Å². The molecule has 1 aliphatic heterocycles. The average molecular weight is 264 g/mol. The van der Waals surface area contributed by atoms with Gasteiger partial charge in [0.15, 0.2) is 11.5 Å². The van der Waals surface area contributed by atoms with E-state index in [0.717, 1.165) is 6.42 Å². The van der Waals surface area contributed by atoms with Crippen molar-refractivity contribution in [1.29, 1.82) is 0 Å². The lowest BCUT2D eigenvalue weighted by atomic mass is 10.0. The van der Waals surface area contributed by atoms with E-state index in [-0.39, 0.29) is 6.03 Å². The van der Waals surface area contributed by atoms with Crippen LogP contribution in [0.15, 0.2) is 18.2 Å². The number of nitrogens with one attached hydrogen (secondary N) is 2. The van der Waals surface area contributed by atoms with Crippen molar-refractivity contribution in [1.82, 2.24) is 5.32 Å². The van der Waals surface area contributed by atoms with Gasteiger partial charge in [0, 0.05) is 32.1 Å². The normalized spacial score (nSPS) is 20.5. The summed E-state index contributed by atoms with van der Waals surface area (Å²) < 4.78 is 11.7. The van der Waals surface area contributed by atoms with Crippen LogP contribution in [0, 0.1) is 5.92 Å². The number of rotatable bonds is 3. The number of fused-ring (bicyclic) bond motifs is 1. The summed E-state index contributed by atoms with van der Waals surface area (Å²) in [6.45, 7) is 6.18. The van der Waals surface area contributed by atoms with Crippen LogP contribution in [0.5, 0.6) is 11.5 Å². The maximum Gasteiger partial charge on any atom is 0.318 e. The minimum Gasteiger partial charge on any atom is -0.449 e. The van der Waals surface area contributed by atoms with Crippen molar-refractivity contribution in [3.8, 4) is 11.5 Å². The number of anilines is 1. The zero-order valence-corrected chi connectivity index (χ0v) is 11.7. The second-order valence-electron chi connectivity index (χ2n) is 5.30. The van der Waals surface area contributed by atoms with E-state index >= 15 is 0 Å². The smallest absolute Gasteiger partial charge is 0.318 e. The van der Waals surface area contributed by atoms with Crippen LogP contribution in [-0.2, 0) is 0 Å². The summed E-state index contributed by atoms with van der Waals surface area (Å²) in [5, 5.41) is 5.21. The van der Waals surface area contributed by atoms with Crippen molar-refractivity contribution in [2.45, 2.75) is 33.0 Å². The van der Waals surface area contributed by atoms with Gasteiger partial charge in [0.05, 0.1) is 0 Å². The minimum absolute atomic E-state index is 0.260. The SMILES string of the molecule is CNC(=O)Nc1ccc2c(c1)OC(C)(CC(C)C)O2. The highest BCUT2D eigenvalue weighted by Gasteiger charge is 2.37. The highest BCUT2D eigenvalue weighted by atomic mass is 16.7. The maximum atomic E-state index is 11.3. The Morgan fingerprint density at radius 1 is 1.32 bits per heavy atom. The molecule has 1 heterocycles. The molecule has 0 fully saturated rings. The number of hydrogen-bond donors (Lipinski definition) is 2. The Morgan fingerprint density at radius 3 is 2.63 bits per heavy atom. The van der Waals surface area contributed by atoms with E-state index in [1.807, 2.05) is 13.0 Å². The average Bonchev–Trinajstić information content (AvgIpc) is 2.62. The van der Waals surface area contributed by atoms with E-state index in [1.54, 1.807) is 19.2 Å². The Morgan fingerprint density at radius 2 is 2.00 bits per heavy atom. The van der Waals surface area contributed by atoms with Crippen LogP contribution in [0.25, 0.3) is 0 Å². The van der Waals surface area contributed by atoms with Crippen molar-refractivity contribution < 1.29 is 14.3 Å². The highest BCUT2D eigenvalue weighted by Crippen LogP contribution is 2.42. The first kappa shape index (κ1) is 13.5. The molecule has 1 aliphatic rings. The Kier molecular flexibility index (Phi) is 3.55. The number of ether oxygens (including phenoxy) is 2. The van der Waals surface area contributed by atoms with E-state index in [4.69, 9.17) is 9.47 Å². The van der Waals surface area contributed by atoms with E-state index in [9.17, 15) is 4.79 Å². The predicted molar refractivity (Wildman–Crippen MR) is 73.6 cm³/mol. The van der Waals surface area contributed by atoms with Crippen molar-refractivity contribution in [3.63, 3.8) is 0 Å². The molecular formula is C14H20N2O3. The molecule has 2 N–H and O–H groups in total.